The second-order valence-corrected chi connectivity index (χ2v) is 9.84. The van der Waals surface area contributed by atoms with Crippen LogP contribution in [0.3, 0.4) is 0 Å². The normalized spacial score (nSPS) is 14.8. The number of rotatable bonds is 7. The van der Waals surface area contributed by atoms with Gasteiger partial charge < -0.3 is 5.32 Å². The number of nitriles is 1. The molecule has 2 saturated carbocycles. The van der Waals surface area contributed by atoms with E-state index in [0.717, 1.165) is 23.1 Å². The second-order valence-electron chi connectivity index (χ2n) is 9.84. The van der Waals surface area contributed by atoms with Crippen molar-refractivity contribution in [2.24, 2.45) is 11.8 Å². The van der Waals surface area contributed by atoms with E-state index in [1.54, 1.807) is 6.07 Å². The molecule has 2 fully saturated rings. The minimum absolute atomic E-state index is 0.0826. The van der Waals surface area contributed by atoms with Crippen molar-refractivity contribution in [1.29, 1.82) is 5.26 Å². The molecule has 0 spiro atoms. The standard InChI is InChI=1S/C29H22F4N4O3/c30-23-11-16(1-2-20(23)14-34)15-35-26(38)24-12-21(17-7-9-22(10-8-17)29(31,32)33)13-25(36-24)37(27(39)18-3-4-18)28(40)19-5-6-19/h1-2,7-13,18-19H,3-6,15H2,(H,35,38). The van der Waals surface area contributed by atoms with E-state index in [0.29, 0.717) is 36.8 Å². The third kappa shape index (κ3) is 5.86. The van der Waals surface area contributed by atoms with Crippen LogP contribution in [0.4, 0.5) is 23.4 Å². The molecule has 204 valence electrons. The lowest BCUT2D eigenvalue weighted by molar-refractivity contribution is -0.137. The molecule has 5 rings (SSSR count). The zero-order valence-corrected chi connectivity index (χ0v) is 21.0. The number of nitrogens with one attached hydrogen (secondary N) is 1. The molecule has 7 nitrogen and oxygen atoms in total. The van der Waals surface area contributed by atoms with Gasteiger partial charge in [0.05, 0.1) is 11.1 Å². The number of anilines is 1. The van der Waals surface area contributed by atoms with Gasteiger partial charge in [-0.3, -0.25) is 14.4 Å². The summed E-state index contributed by atoms with van der Waals surface area (Å²) in [6, 6.07) is 12.6. The van der Waals surface area contributed by atoms with Gasteiger partial charge in [0.15, 0.2) is 0 Å². The van der Waals surface area contributed by atoms with Gasteiger partial charge in [-0.2, -0.15) is 18.4 Å². The number of halogens is 4. The predicted molar refractivity (Wildman–Crippen MR) is 135 cm³/mol. The summed E-state index contributed by atoms with van der Waals surface area (Å²) in [4.78, 5) is 44.7. The fourth-order valence-electron chi connectivity index (χ4n) is 4.16. The quantitative estimate of drug-likeness (QED) is 0.314. The highest BCUT2D eigenvalue weighted by molar-refractivity contribution is 6.17. The number of pyridine rings is 1. The molecule has 2 aliphatic rings. The number of carbonyl (C=O) groups is 3. The zero-order chi connectivity index (χ0) is 28.6. The maximum atomic E-state index is 14.0. The fourth-order valence-corrected chi connectivity index (χ4v) is 4.16. The van der Waals surface area contributed by atoms with Gasteiger partial charge in [0, 0.05) is 18.4 Å². The molecule has 40 heavy (non-hydrogen) atoms. The average molecular weight is 551 g/mol. The van der Waals surface area contributed by atoms with E-state index in [2.05, 4.69) is 10.3 Å². The molecule has 0 atom stereocenters. The van der Waals surface area contributed by atoms with Gasteiger partial charge in [-0.1, -0.05) is 18.2 Å². The summed E-state index contributed by atoms with van der Waals surface area (Å²) < 4.78 is 53.3. The third-order valence-electron chi connectivity index (χ3n) is 6.72. The molecular weight excluding hydrogens is 528 g/mol. The Labute approximate surface area is 226 Å². The van der Waals surface area contributed by atoms with Crippen molar-refractivity contribution < 1.29 is 31.9 Å². The van der Waals surface area contributed by atoms with Crippen LogP contribution in [0, 0.1) is 29.0 Å². The number of alkyl halides is 3. The Balaban J connectivity index is 1.50. The number of hydrogen-bond acceptors (Lipinski definition) is 5. The molecule has 0 aliphatic heterocycles. The second kappa shape index (κ2) is 10.5. The summed E-state index contributed by atoms with van der Waals surface area (Å²) in [5.41, 5.74) is -0.209. The number of amides is 3. The predicted octanol–water partition coefficient (Wildman–Crippen LogP) is 5.39. The lowest BCUT2D eigenvalue weighted by Crippen LogP contribution is -2.40. The Morgan fingerprint density at radius 1 is 0.925 bits per heavy atom. The highest BCUT2D eigenvalue weighted by atomic mass is 19.4. The Bertz CT molecular complexity index is 1510. The molecule has 11 heteroatoms. The first kappa shape index (κ1) is 27.0. The molecule has 1 aromatic heterocycles. The summed E-state index contributed by atoms with van der Waals surface area (Å²) in [7, 11) is 0. The van der Waals surface area contributed by atoms with E-state index < -0.39 is 35.3 Å². The molecule has 1 N–H and O–H groups in total. The average Bonchev–Trinajstić information content (AvgIpc) is 3.84. The van der Waals surface area contributed by atoms with Crippen LogP contribution in [0.1, 0.15) is 52.9 Å². The van der Waals surface area contributed by atoms with E-state index in [9.17, 15) is 31.9 Å². The Morgan fingerprint density at radius 2 is 1.55 bits per heavy atom. The minimum Gasteiger partial charge on any atom is -0.347 e. The van der Waals surface area contributed by atoms with Gasteiger partial charge in [0.25, 0.3) is 5.91 Å². The largest absolute Gasteiger partial charge is 0.416 e. The van der Waals surface area contributed by atoms with Crippen LogP contribution in [-0.2, 0) is 22.3 Å². The zero-order valence-electron chi connectivity index (χ0n) is 21.0. The maximum absolute atomic E-state index is 14.0. The van der Waals surface area contributed by atoms with E-state index in [1.165, 1.54) is 36.4 Å². The lowest BCUT2D eigenvalue weighted by Gasteiger charge is -2.21. The van der Waals surface area contributed by atoms with Crippen molar-refractivity contribution in [2.45, 2.75) is 38.4 Å². The summed E-state index contributed by atoms with van der Waals surface area (Å²) >= 11 is 0. The molecule has 0 unspecified atom stereocenters. The highest BCUT2D eigenvalue weighted by Crippen LogP contribution is 2.38. The number of hydrogen-bond donors (Lipinski definition) is 1. The SMILES string of the molecule is N#Cc1ccc(CNC(=O)c2cc(-c3ccc(C(F)(F)F)cc3)cc(N(C(=O)C3CC3)C(=O)C3CC3)n2)cc1F. The number of aromatic nitrogens is 1. The minimum atomic E-state index is -4.54. The van der Waals surface area contributed by atoms with Crippen molar-refractivity contribution in [1.82, 2.24) is 10.3 Å². The van der Waals surface area contributed by atoms with Crippen LogP contribution in [-0.4, -0.2) is 22.7 Å². The first-order valence-corrected chi connectivity index (χ1v) is 12.6. The highest BCUT2D eigenvalue weighted by Gasteiger charge is 2.43. The molecule has 2 aliphatic carbocycles. The topological polar surface area (TPSA) is 103 Å². The van der Waals surface area contributed by atoms with Crippen LogP contribution in [0.5, 0.6) is 0 Å². The summed E-state index contributed by atoms with van der Waals surface area (Å²) in [6.07, 6.45) is -2.04. The monoisotopic (exact) mass is 550 g/mol. The van der Waals surface area contributed by atoms with Crippen molar-refractivity contribution in [3.05, 3.63) is 82.8 Å². The van der Waals surface area contributed by atoms with Crippen LogP contribution < -0.4 is 10.2 Å². The van der Waals surface area contributed by atoms with E-state index in [-0.39, 0.29) is 41.0 Å². The number of nitrogens with zero attached hydrogens (tertiary/aromatic N) is 3. The van der Waals surface area contributed by atoms with Crippen molar-refractivity contribution >= 4 is 23.5 Å². The lowest BCUT2D eigenvalue weighted by atomic mass is 10.0. The van der Waals surface area contributed by atoms with Crippen LogP contribution in [0.25, 0.3) is 11.1 Å². The Morgan fingerprint density at radius 3 is 2.08 bits per heavy atom. The molecule has 0 radical (unpaired) electrons. The molecule has 3 aromatic rings. The van der Waals surface area contributed by atoms with Crippen molar-refractivity contribution in [2.75, 3.05) is 4.90 Å². The Kier molecular flexibility index (Phi) is 7.10. The van der Waals surface area contributed by atoms with E-state index >= 15 is 0 Å². The van der Waals surface area contributed by atoms with Gasteiger partial charge in [-0.05, 0) is 78.8 Å². The smallest absolute Gasteiger partial charge is 0.347 e. The van der Waals surface area contributed by atoms with E-state index in [4.69, 9.17) is 5.26 Å². The first-order chi connectivity index (χ1) is 19.0. The van der Waals surface area contributed by atoms with Gasteiger partial charge in [0.2, 0.25) is 11.8 Å². The molecule has 2 aromatic carbocycles. The van der Waals surface area contributed by atoms with Crippen LogP contribution in [0.15, 0.2) is 54.6 Å². The number of benzene rings is 2. The maximum Gasteiger partial charge on any atom is 0.416 e. The van der Waals surface area contributed by atoms with Crippen molar-refractivity contribution in [3.8, 4) is 17.2 Å². The van der Waals surface area contributed by atoms with Gasteiger partial charge in [0.1, 0.15) is 23.4 Å². The number of carbonyl (C=O) groups excluding carboxylic acids is 3. The molecule has 0 saturated heterocycles. The summed E-state index contributed by atoms with van der Waals surface area (Å²) in [6.45, 7) is -0.116. The van der Waals surface area contributed by atoms with E-state index in [1.807, 2.05) is 0 Å². The summed E-state index contributed by atoms with van der Waals surface area (Å²) in [5.74, 6) is -3.04. The van der Waals surface area contributed by atoms with Crippen LogP contribution >= 0.6 is 0 Å². The molecule has 1 heterocycles. The molecular formula is C29H22F4N4O3. The number of imide groups is 1. The van der Waals surface area contributed by atoms with Gasteiger partial charge in [-0.25, -0.2) is 14.3 Å². The first-order valence-electron chi connectivity index (χ1n) is 12.6. The summed E-state index contributed by atoms with van der Waals surface area (Å²) in [5, 5.41) is 11.5. The Hall–Kier alpha value is -4.59. The van der Waals surface area contributed by atoms with Gasteiger partial charge in [-0.15, -0.1) is 0 Å². The molecule has 0 bridgehead atoms. The van der Waals surface area contributed by atoms with Crippen molar-refractivity contribution in [3.63, 3.8) is 0 Å². The third-order valence-corrected chi connectivity index (χ3v) is 6.72. The van der Waals surface area contributed by atoms with Crippen LogP contribution in [0.2, 0.25) is 0 Å². The fraction of sp³-hybridized carbons (Fsp3) is 0.276. The molecule has 3 amide bonds. The van der Waals surface area contributed by atoms with Gasteiger partial charge >= 0.3 is 6.18 Å².